The van der Waals surface area contributed by atoms with Crippen molar-refractivity contribution in [3.63, 3.8) is 0 Å². The van der Waals surface area contributed by atoms with Crippen LogP contribution in [0, 0.1) is 29.1 Å². The fraction of sp³-hybridized carbons (Fsp3) is 0.947. The Morgan fingerprint density at radius 1 is 1.09 bits per heavy atom. The van der Waals surface area contributed by atoms with E-state index in [1.807, 2.05) is 0 Å². The molecule has 0 aromatic heterocycles. The summed E-state index contributed by atoms with van der Waals surface area (Å²) in [5, 5.41) is 6.70. The quantitative estimate of drug-likeness (QED) is 0.819. The maximum atomic E-state index is 12.4. The number of carbonyl (C=O) groups excluding carboxylic acids is 1. The van der Waals surface area contributed by atoms with Gasteiger partial charge < -0.3 is 10.6 Å². The van der Waals surface area contributed by atoms with Crippen LogP contribution in [0.2, 0.25) is 0 Å². The van der Waals surface area contributed by atoms with Crippen LogP contribution in [0.4, 0.5) is 0 Å². The van der Waals surface area contributed by atoms with Crippen molar-refractivity contribution in [1.82, 2.24) is 10.6 Å². The van der Waals surface area contributed by atoms with E-state index in [9.17, 15) is 4.79 Å². The van der Waals surface area contributed by atoms with Gasteiger partial charge in [0.05, 0.1) is 0 Å². The highest BCUT2D eigenvalue weighted by atomic mass is 16.1. The molecule has 124 valence electrons. The number of rotatable bonds is 5. The zero-order valence-corrected chi connectivity index (χ0v) is 13.9. The molecule has 1 aliphatic heterocycles. The average molecular weight is 304 g/mol. The Labute approximate surface area is 135 Å². The minimum Gasteiger partial charge on any atom is -0.356 e. The first-order valence-corrected chi connectivity index (χ1v) is 9.68. The Morgan fingerprint density at radius 2 is 1.77 bits per heavy atom. The molecule has 5 rings (SSSR count). The van der Waals surface area contributed by atoms with Gasteiger partial charge in [0.25, 0.3) is 0 Å². The van der Waals surface area contributed by atoms with Crippen LogP contribution < -0.4 is 10.6 Å². The lowest BCUT2D eigenvalue weighted by Gasteiger charge is -2.56. The molecule has 4 bridgehead atoms. The van der Waals surface area contributed by atoms with Gasteiger partial charge in [0.15, 0.2) is 0 Å². The summed E-state index contributed by atoms with van der Waals surface area (Å²) in [7, 11) is 0. The molecule has 0 aromatic carbocycles. The second kappa shape index (κ2) is 6.14. The first kappa shape index (κ1) is 15.0. The highest BCUT2D eigenvalue weighted by molar-refractivity contribution is 5.76. The SMILES string of the molecule is O=C(CC12CC3CC(CC(C3)C1)C2)NCCC1CCCNC1. The van der Waals surface area contributed by atoms with Gasteiger partial charge in [-0.3, -0.25) is 4.79 Å². The highest BCUT2D eigenvalue weighted by Gasteiger charge is 2.51. The van der Waals surface area contributed by atoms with E-state index in [1.54, 1.807) is 0 Å². The Balaban J connectivity index is 1.24. The third-order valence-electron chi connectivity index (χ3n) is 6.97. The van der Waals surface area contributed by atoms with E-state index in [0.717, 1.165) is 49.6 Å². The van der Waals surface area contributed by atoms with Crippen LogP contribution in [-0.4, -0.2) is 25.5 Å². The van der Waals surface area contributed by atoms with Crippen molar-refractivity contribution >= 4 is 5.91 Å². The molecule has 1 amide bonds. The summed E-state index contributed by atoms with van der Waals surface area (Å²) >= 11 is 0. The molecule has 2 N–H and O–H groups in total. The Morgan fingerprint density at radius 3 is 2.36 bits per heavy atom. The predicted molar refractivity (Wildman–Crippen MR) is 88.4 cm³/mol. The number of hydrogen-bond acceptors (Lipinski definition) is 2. The van der Waals surface area contributed by atoms with E-state index in [2.05, 4.69) is 10.6 Å². The normalized spacial score (nSPS) is 43.3. The summed E-state index contributed by atoms with van der Waals surface area (Å²) in [5.74, 6) is 3.96. The lowest BCUT2D eigenvalue weighted by atomic mass is 9.49. The van der Waals surface area contributed by atoms with E-state index in [0.29, 0.717) is 11.3 Å². The topological polar surface area (TPSA) is 41.1 Å². The summed E-state index contributed by atoms with van der Waals surface area (Å²) in [6.07, 6.45) is 13.0. The van der Waals surface area contributed by atoms with Crippen molar-refractivity contribution in [1.29, 1.82) is 0 Å². The van der Waals surface area contributed by atoms with E-state index in [1.165, 1.54) is 57.9 Å². The minimum atomic E-state index is 0.339. The van der Waals surface area contributed by atoms with E-state index >= 15 is 0 Å². The predicted octanol–water partition coefficient (Wildman–Crippen LogP) is 3.10. The summed E-state index contributed by atoms with van der Waals surface area (Å²) in [6, 6.07) is 0. The van der Waals surface area contributed by atoms with Crippen molar-refractivity contribution in [2.24, 2.45) is 29.1 Å². The van der Waals surface area contributed by atoms with E-state index in [4.69, 9.17) is 0 Å². The van der Waals surface area contributed by atoms with E-state index < -0.39 is 0 Å². The van der Waals surface area contributed by atoms with Crippen LogP contribution in [0.5, 0.6) is 0 Å². The number of hydrogen-bond donors (Lipinski definition) is 2. The Kier molecular flexibility index (Phi) is 4.19. The molecule has 4 saturated carbocycles. The molecule has 5 aliphatic rings. The molecule has 22 heavy (non-hydrogen) atoms. The summed E-state index contributed by atoms with van der Waals surface area (Å²) < 4.78 is 0. The van der Waals surface area contributed by atoms with Gasteiger partial charge >= 0.3 is 0 Å². The lowest BCUT2D eigenvalue weighted by Crippen LogP contribution is -2.48. The second-order valence-corrected chi connectivity index (χ2v) is 8.95. The molecular weight excluding hydrogens is 272 g/mol. The number of carbonyl (C=O) groups is 1. The van der Waals surface area contributed by atoms with Gasteiger partial charge in [0.2, 0.25) is 5.91 Å². The van der Waals surface area contributed by atoms with Crippen molar-refractivity contribution in [2.75, 3.05) is 19.6 Å². The van der Waals surface area contributed by atoms with Crippen LogP contribution in [0.3, 0.4) is 0 Å². The monoisotopic (exact) mass is 304 g/mol. The standard InChI is InChI=1S/C19H32N2O/c22-18(21-5-3-14-2-1-4-20-13-14)12-19-9-15-6-16(10-19)8-17(7-15)11-19/h14-17,20H,1-13H2,(H,21,22). The lowest BCUT2D eigenvalue weighted by molar-refractivity contribution is -0.129. The molecule has 0 aromatic rings. The van der Waals surface area contributed by atoms with Gasteiger partial charge in [0, 0.05) is 13.0 Å². The fourth-order valence-corrected chi connectivity index (χ4v) is 6.50. The van der Waals surface area contributed by atoms with Gasteiger partial charge in [-0.15, -0.1) is 0 Å². The maximum absolute atomic E-state index is 12.4. The summed E-state index contributed by atoms with van der Waals surface area (Å²) in [5.41, 5.74) is 0.394. The maximum Gasteiger partial charge on any atom is 0.220 e. The zero-order valence-electron chi connectivity index (χ0n) is 13.9. The molecule has 1 atom stereocenters. The van der Waals surface area contributed by atoms with Crippen molar-refractivity contribution < 1.29 is 4.79 Å². The third-order valence-corrected chi connectivity index (χ3v) is 6.97. The second-order valence-electron chi connectivity index (χ2n) is 8.95. The molecule has 5 fully saturated rings. The van der Waals surface area contributed by atoms with Crippen LogP contribution in [0.15, 0.2) is 0 Å². The van der Waals surface area contributed by atoms with Crippen LogP contribution >= 0.6 is 0 Å². The number of nitrogens with one attached hydrogen (secondary N) is 2. The summed E-state index contributed by atoms with van der Waals surface area (Å²) in [6.45, 7) is 3.21. The molecular formula is C19H32N2O. The molecule has 3 nitrogen and oxygen atoms in total. The molecule has 1 saturated heterocycles. The van der Waals surface area contributed by atoms with Crippen LogP contribution in [0.1, 0.15) is 64.2 Å². The largest absolute Gasteiger partial charge is 0.356 e. The highest BCUT2D eigenvalue weighted by Crippen LogP contribution is 2.61. The van der Waals surface area contributed by atoms with Gasteiger partial charge in [-0.25, -0.2) is 0 Å². The van der Waals surface area contributed by atoms with Crippen LogP contribution in [-0.2, 0) is 4.79 Å². The van der Waals surface area contributed by atoms with Crippen LogP contribution in [0.25, 0.3) is 0 Å². The fourth-order valence-electron chi connectivity index (χ4n) is 6.50. The van der Waals surface area contributed by atoms with E-state index in [-0.39, 0.29) is 0 Å². The van der Waals surface area contributed by atoms with Gasteiger partial charge in [-0.2, -0.15) is 0 Å². The molecule has 4 aliphatic carbocycles. The Bertz CT molecular complexity index is 378. The summed E-state index contributed by atoms with van der Waals surface area (Å²) in [4.78, 5) is 12.4. The third kappa shape index (κ3) is 3.20. The number of piperidine rings is 1. The molecule has 1 heterocycles. The molecule has 0 radical (unpaired) electrons. The average Bonchev–Trinajstić information content (AvgIpc) is 2.46. The van der Waals surface area contributed by atoms with Gasteiger partial charge in [-0.05, 0) is 100.0 Å². The first-order chi connectivity index (χ1) is 10.7. The minimum absolute atomic E-state index is 0.339. The molecule has 1 unspecified atom stereocenters. The Hall–Kier alpha value is -0.570. The zero-order chi connectivity index (χ0) is 15.0. The number of amides is 1. The smallest absolute Gasteiger partial charge is 0.220 e. The molecule has 0 spiro atoms. The van der Waals surface area contributed by atoms with Crippen molar-refractivity contribution in [2.45, 2.75) is 64.2 Å². The van der Waals surface area contributed by atoms with Gasteiger partial charge in [-0.1, -0.05) is 0 Å². The van der Waals surface area contributed by atoms with Gasteiger partial charge in [0.1, 0.15) is 0 Å². The first-order valence-electron chi connectivity index (χ1n) is 9.68. The van der Waals surface area contributed by atoms with Crippen molar-refractivity contribution in [3.05, 3.63) is 0 Å². The van der Waals surface area contributed by atoms with Crippen molar-refractivity contribution in [3.8, 4) is 0 Å². The molecule has 3 heteroatoms.